The van der Waals surface area contributed by atoms with E-state index in [2.05, 4.69) is 16.9 Å². The molecule has 1 aromatic rings. The van der Waals surface area contributed by atoms with E-state index in [1.807, 2.05) is 0 Å². The number of hydrogen-bond donors (Lipinski definition) is 0. The summed E-state index contributed by atoms with van der Waals surface area (Å²) in [6.45, 7) is 4.19. The van der Waals surface area contributed by atoms with Gasteiger partial charge in [-0.25, -0.2) is 4.98 Å². The number of ether oxygens (including phenoxy) is 3. The van der Waals surface area contributed by atoms with Crippen LogP contribution in [0.15, 0.2) is 6.07 Å². The Bertz CT molecular complexity index is 350. The molecule has 0 amide bonds. The second kappa shape index (κ2) is 9.08. The molecule has 5 nitrogen and oxygen atoms in total. The lowest BCUT2D eigenvalue weighted by Crippen LogP contribution is -2.09. The summed E-state index contributed by atoms with van der Waals surface area (Å²) in [5.74, 6) is 0.952. The number of nitrogens with zero attached hydrogens (tertiary/aromatic N) is 2. The smallest absolute Gasteiger partial charge is 0.218 e. The van der Waals surface area contributed by atoms with Crippen LogP contribution in [0.25, 0.3) is 0 Å². The van der Waals surface area contributed by atoms with Crippen LogP contribution in [0.1, 0.15) is 25.6 Å². The van der Waals surface area contributed by atoms with Crippen molar-refractivity contribution in [3.05, 3.63) is 17.0 Å². The maximum Gasteiger partial charge on any atom is 0.218 e. The van der Waals surface area contributed by atoms with E-state index in [4.69, 9.17) is 25.8 Å². The van der Waals surface area contributed by atoms with Crippen molar-refractivity contribution >= 4 is 11.6 Å². The molecule has 1 aromatic heterocycles. The average molecular weight is 275 g/mol. The minimum Gasteiger partial charge on any atom is -0.475 e. The third kappa shape index (κ3) is 6.14. The van der Waals surface area contributed by atoms with Crippen LogP contribution in [0.4, 0.5) is 0 Å². The van der Waals surface area contributed by atoms with E-state index in [9.17, 15) is 0 Å². The number of methoxy groups -OCH3 is 1. The molecule has 0 aliphatic heterocycles. The molecule has 0 radical (unpaired) electrons. The van der Waals surface area contributed by atoms with E-state index >= 15 is 0 Å². The molecule has 0 saturated carbocycles. The fraction of sp³-hybridized carbons (Fsp3) is 0.667. The van der Waals surface area contributed by atoms with Crippen molar-refractivity contribution in [3.8, 4) is 5.88 Å². The molecule has 0 unspecified atom stereocenters. The van der Waals surface area contributed by atoms with Crippen molar-refractivity contribution in [1.82, 2.24) is 9.97 Å². The maximum atomic E-state index is 5.85. The predicted octanol–water partition coefficient (Wildman–Crippen LogP) is 2.47. The van der Waals surface area contributed by atoms with Gasteiger partial charge in [-0.2, -0.15) is 4.98 Å². The number of rotatable bonds is 9. The van der Waals surface area contributed by atoms with Crippen LogP contribution >= 0.6 is 11.6 Å². The van der Waals surface area contributed by atoms with Crippen molar-refractivity contribution in [2.75, 3.05) is 26.9 Å². The Balaban J connectivity index is 2.32. The second-order valence-electron chi connectivity index (χ2n) is 3.69. The largest absolute Gasteiger partial charge is 0.475 e. The first-order valence-electron chi connectivity index (χ1n) is 5.99. The van der Waals surface area contributed by atoms with Gasteiger partial charge in [0.1, 0.15) is 18.4 Å². The second-order valence-corrected chi connectivity index (χ2v) is 4.08. The molecule has 0 aromatic carbocycles. The van der Waals surface area contributed by atoms with E-state index < -0.39 is 0 Å². The fourth-order valence-corrected chi connectivity index (χ4v) is 1.45. The Labute approximate surface area is 112 Å². The summed E-state index contributed by atoms with van der Waals surface area (Å²) in [5.41, 5.74) is 0. The van der Waals surface area contributed by atoms with Crippen LogP contribution in [0.5, 0.6) is 5.88 Å². The Hall–Kier alpha value is -0.910. The first-order chi connectivity index (χ1) is 8.76. The molecular weight excluding hydrogens is 256 g/mol. The topological polar surface area (TPSA) is 53.5 Å². The molecule has 1 rings (SSSR count). The van der Waals surface area contributed by atoms with Crippen molar-refractivity contribution in [2.24, 2.45) is 0 Å². The van der Waals surface area contributed by atoms with Crippen molar-refractivity contribution in [1.29, 1.82) is 0 Å². The standard InChI is InChI=1S/C12H19ClN2O3/c1-3-4-5-17-6-7-18-12-8-10(13)14-11(15-12)9-16-2/h8H,3-7,9H2,1-2H3. The van der Waals surface area contributed by atoms with E-state index in [1.165, 1.54) is 0 Å². The van der Waals surface area contributed by atoms with Gasteiger partial charge in [0.2, 0.25) is 5.88 Å². The summed E-state index contributed by atoms with van der Waals surface area (Å²) < 4.78 is 15.8. The summed E-state index contributed by atoms with van der Waals surface area (Å²) >= 11 is 5.85. The first kappa shape index (κ1) is 15.1. The molecule has 0 aliphatic carbocycles. The predicted molar refractivity (Wildman–Crippen MR) is 69.0 cm³/mol. The molecular formula is C12H19ClN2O3. The van der Waals surface area contributed by atoms with Gasteiger partial charge in [-0.1, -0.05) is 24.9 Å². The highest BCUT2D eigenvalue weighted by molar-refractivity contribution is 6.29. The number of aromatic nitrogens is 2. The molecule has 6 heteroatoms. The molecule has 0 fully saturated rings. The average Bonchev–Trinajstić information content (AvgIpc) is 2.33. The molecule has 0 N–H and O–H groups in total. The number of unbranched alkanes of at least 4 members (excludes halogenated alkanes) is 1. The molecule has 18 heavy (non-hydrogen) atoms. The highest BCUT2D eigenvalue weighted by Gasteiger charge is 2.04. The van der Waals surface area contributed by atoms with Crippen molar-refractivity contribution in [3.63, 3.8) is 0 Å². The zero-order valence-corrected chi connectivity index (χ0v) is 11.6. The Morgan fingerprint density at radius 2 is 2.06 bits per heavy atom. The van der Waals surface area contributed by atoms with Gasteiger partial charge in [0, 0.05) is 19.8 Å². The zero-order valence-electron chi connectivity index (χ0n) is 10.8. The summed E-state index contributed by atoms with van der Waals surface area (Å²) in [7, 11) is 1.58. The van der Waals surface area contributed by atoms with Gasteiger partial charge in [0.05, 0.1) is 6.61 Å². The lowest BCUT2D eigenvalue weighted by Gasteiger charge is -2.07. The molecule has 0 saturated heterocycles. The fourth-order valence-electron chi connectivity index (χ4n) is 1.26. The van der Waals surface area contributed by atoms with Gasteiger partial charge in [0.15, 0.2) is 5.82 Å². The molecule has 0 atom stereocenters. The molecule has 0 aliphatic rings. The lowest BCUT2D eigenvalue weighted by atomic mass is 10.4. The van der Waals surface area contributed by atoms with Gasteiger partial charge in [-0.3, -0.25) is 0 Å². The van der Waals surface area contributed by atoms with E-state index in [1.54, 1.807) is 13.2 Å². The highest BCUT2D eigenvalue weighted by Crippen LogP contribution is 2.14. The third-order valence-electron chi connectivity index (χ3n) is 2.11. The first-order valence-corrected chi connectivity index (χ1v) is 6.37. The molecule has 0 spiro atoms. The SMILES string of the molecule is CCCCOCCOc1cc(Cl)nc(COC)n1. The van der Waals surface area contributed by atoms with Crippen LogP contribution < -0.4 is 4.74 Å². The molecule has 1 heterocycles. The number of hydrogen-bond acceptors (Lipinski definition) is 5. The van der Waals surface area contributed by atoms with E-state index in [0.29, 0.717) is 36.7 Å². The van der Waals surface area contributed by atoms with Crippen LogP contribution in [0.2, 0.25) is 5.15 Å². The Morgan fingerprint density at radius 3 is 2.78 bits per heavy atom. The van der Waals surface area contributed by atoms with Gasteiger partial charge in [-0.05, 0) is 6.42 Å². The number of halogens is 1. The summed E-state index contributed by atoms with van der Waals surface area (Å²) in [4.78, 5) is 8.17. The molecule has 102 valence electrons. The third-order valence-corrected chi connectivity index (χ3v) is 2.30. The maximum absolute atomic E-state index is 5.85. The summed E-state index contributed by atoms with van der Waals surface area (Å²) in [6.07, 6.45) is 2.19. The van der Waals surface area contributed by atoms with E-state index in [-0.39, 0.29) is 0 Å². The quantitative estimate of drug-likeness (QED) is 0.511. The van der Waals surface area contributed by atoms with Gasteiger partial charge in [-0.15, -0.1) is 0 Å². The summed E-state index contributed by atoms with van der Waals surface area (Å²) in [5, 5.41) is 0.346. The zero-order chi connectivity index (χ0) is 13.2. The van der Waals surface area contributed by atoms with Crippen molar-refractivity contribution < 1.29 is 14.2 Å². The van der Waals surface area contributed by atoms with Crippen molar-refractivity contribution in [2.45, 2.75) is 26.4 Å². The minimum absolute atomic E-state index is 0.309. The van der Waals surface area contributed by atoms with Crippen LogP contribution in [-0.2, 0) is 16.1 Å². The minimum atomic E-state index is 0.309. The Morgan fingerprint density at radius 1 is 1.22 bits per heavy atom. The Kier molecular flexibility index (Phi) is 7.64. The highest BCUT2D eigenvalue weighted by atomic mass is 35.5. The van der Waals surface area contributed by atoms with Crippen LogP contribution in [0, 0.1) is 0 Å². The normalized spacial score (nSPS) is 10.6. The van der Waals surface area contributed by atoms with Crippen LogP contribution in [0.3, 0.4) is 0 Å². The molecule has 0 bridgehead atoms. The van der Waals surface area contributed by atoms with Gasteiger partial charge < -0.3 is 14.2 Å². The van der Waals surface area contributed by atoms with Gasteiger partial charge >= 0.3 is 0 Å². The summed E-state index contributed by atoms with van der Waals surface area (Å²) in [6, 6.07) is 1.58. The lowest BCUT2D eigenvalue weighted by molar-refractivity contribution is 0.0960. The van der Waals surface area contributed by atoms with E-state index in [0.717, 1.165) is 19.4 Å². The van der Waals surface area contributed by atoms with Gasteiger partial charge in [0.25, 0.3) is 0 Å². The monoisotopic (exact) mass is 274 g/mol. The van der Waals surface area contributed by atoms with Crippen LogP contribution in [-0.4, -0.2) is 36.9 Å².